The van der Waals surface area contributed by atoms with Crippen molar-refractivity contribution in [2.75, 3.05) is 32.7 Å². The van der Waals surface area contributed by atoms with Crippen molar-refractivity contribution < 1.29 is 0 Å². The second-order valence-corrected chi connectivity index (χ2v) is 7.28. The molecule has 2 unspecified atom stereocenters. The monoisotopic (exact) mass is 279 g/mol. The van der Waals surface area contributed by atoms with Gasteiger partial charge < -0.3 is 5.32 Å². The maximum atomic E-state index is 3.61. The predicted molar refractivity (Wildman–Crippen MR) is 85.1 cm³/mol. The van der Waals surface area contributed by atoms with Crippen molar-refractivity contribution in [1.82, 2.24) is 15.1 Å². The minimum Gasteiger partial charge on any atom is -0.314 e. The Balaban J connectivity index is 1.24. The molecule has 3 rings (SSSR count). The smallest absolute Gasteiger partial charge is 0.0224 e. The van der Waals surface area contributed by atoms with Crippen LogP contribution in [0.3, 0.4) is 0 Å². The summed E-state index contributed by atoms with van der Waals surface area (Å²) in [6.07, 6.45) is 11.3. The molecule has 2 atom stereocenters. The van der Waals surface area contributed by atoms with Crippen molar-refractivity contribution in [3.63, 3.8) is 0 Å². The van der Waals surface area contributed by atoms with E-state index in [9.17, 15) is 0 Å². The third kappa shape index (κ3) is 4.19. The Kier molecular flexibility index (Phi) is 5.36. The van der Waals surface area contributed by atoms with Crippen molar-refractivity contribution in [2.24, 2.45) is 0 Å². The summed E-state index contributed by atoms with van der Waals surface area (Å²) in [5.41, 5.74) is 0. The highest BCUT2D eigenvalue weighted by Crippen LogP contribution is 2.24. The number of unbranched alkanes of at least 4 members (excludes halogenated alkanes) is 3. The van der Waals surface area contributed by atoms with Crippen molar-refractivity contribution >= 4 is 0 Å². The van der Waals surface area contributed by atoms with Crippen LogP contribution in [0.1, 0.15) is 58.3 Å². The first kappa shape index (κ1) is 14.8. The number of fused-ring (bicyclic) bond motifs is 1. The van der Waals surface area contributed by atoms with Gasteiger partial charge in [-0.1, -0.05) is 12.8 Å². The summed E-state index contributed by atoms with van der Waals surface area (Å²) < 4.78 is 0. The second-order valence-electron chi connectivity index (χ2n) is 7.28. The van der Waals surface area contributed by atoms with Gasteiger partial charge in [-0.2, -0.15) is 0 Å². The first-order chi connectivity index (χ1) is 9.83. The van der Waals surface area contributed by atoms with Crippen LogP contribution in [0.4, 0.5) is 0 Å². The third-order valence-corrected chi connectivity index (χ3v) is 5.45. The zero-order valence-electron chi connectivity index (χ0n) is 13.3. The molecule has 1 aliphatic carbocycles. The van der Waals surface area contributed by atoms with Crippen LogP contribution in [0.2, 0.25) is 0 Å². The van der Waals surface area contributed by atoms with Crippen LogP contribution in [-0.2, 0) is 0 Å². The Hall–Kier alpha value is -0.120. The highest BCUT2D eigenvalue weighted by atomic mass is 15.3. The topological polar surface area (TPSA) is 18.5 Å². The quantitative estimate of drug-likeness (QED) is 0.689. The van der Waals surface area contributed by atoms with Crippen LogP contribution < -0.4 is 5.32 Å². The molecule has 2 heterocycles. The summed E-state index contributed by atoms with van der Waals surface area (Å²) in [5, 5.41) is 3.61. The minimum atomic E-state index is 0.779. The van der Waals surface area contributed by atoms with Gasteiger partial charge in [0.05, 0.1) is 0 Å². The predicted octanol–water partition coefficient (Wildman–Crippen LogP) is 2.47. The summed E-state index contributed by atoms with van der Waals surface area (Å²) in [6, 6.07) is 2.55. The average Bonchev–Trinajstić information content (AvgIpc) is 3.16. The van der Waals surface area contributed by atoms with Crippen molar-refractivity contribution in [2.45, 2.75) is 76.4 Å². The van der Waals surface area contributed by atoms with E-state index in [1.807, 2.05) is 0 Å². The van der Waals surface area contributed by atoms with E-state index in [2.05, 4.69) is 22.0 Å². The maximum absolute atomic E-state index is 3.61. The normalized spacial score (nSPS) is 31.6. The summed E-state index contributed by atoms with van der Waals surface area (Å²) in [6.45, 7) is 9.02. The van der Waals surface area contributed by atoms with Gasteiger partial charge in [0, 0.05) is 31.2 Å². The highest BCUT2D eigenvalue weighted by Gasteiger charge is 2.33. The molecule has 0 bridgehead atoms. The molecular formula is C17H33N3. The molecule has 1 saturated carbocycles. The van der Waals surface area contributed by atoms with E-state index in [4.69, 9.17) is 0 Å². The minimum absolute atomic E-state index is 0.779. The fourth-order valence-corrected chi connectivity index (χ4v) is 3.95. The zero-order valence-corrected chi connectivity index (χ0v) is 13.3. The van der Waals surface area contributed by atoms with E-state index in [0.29, 0.717) is 0 Å². The molecular weight excluding hydrogens is 246 g/mol. The average molecular weight is 279 g/mol. The standard InChI is InChI=1S/C17H33N3/c1-15-13-20-12-6-7-17(20)14-19(15)11-5-3-2-4-10-18-16-8-9-16/h15-18H,2-14H2,1H3. The molecule has 116 valence electrons. The molecule has 0 aromatic carbocycles. The van der Waals surface area contributed by atoms with Gasteiger partial charge in [0.15, 0.2) is 0 Å². The van der Waals surface area contributed by atoms with E-state index in [1.54, 1.807) is 0 Å². The molecule has 2 saturated heterocycles. The largest absolute Gasteiger partial charge is 0.314 e. The SMILES string of the molecule is CC1CN2CCCC2CN1CCCCCCNC1CC1. The van der Waals surface area contributed by atoms with Crippen molar-refractivity contribution in [3.8, 4) is 0 Å². The van der Waals surface area contributed by atoms with E-state index in [-0.39, 0.29) is 0 Å². The summed E-state index contributed by atoms with van der Waals surface area (Å²) in [7, 11) is 0. The van der Waals surface area contributed by atoms with E-state index >= 15 is 0 Å². The van der Waals surface area contributed by atoms with Gasteiger partial charge in [0.2, 0.25) is 0 Å². The molecule has 0 spiro atoms. The van der Waals surface area contributed by atoms with Gasteiger partial charge in [-0.05, 0) is 65.1 Å². The Morgan fingerprint density at radius 1 is 1.00 bits per heavy atom. The fraction of sp³-hybridized carbons (Fsp3) is 1.00. The summed E-state index contributed by atoms with van der Waals surface area (Å²) in [5.74, 6) is 0. The van der Waals surface area contributed by atoms with Crippen LogP contribution in [0.5, 0.6) is 0 Å². The molecule has 1 N–H and O–H groups in total. The first-order valence-corrected chi connectivity index (χ1v) is 9.04. The van der Waals surface area contributed by atoms with Crippen LogP contribution in [0.25, 0.3) is 0 Å². The van der Waals surface area contributed by atoms with E-state index < -0.39 is 0 Å². The molecule has 0 aromatic heterocycles. The Labute approximate surface area is 125 Å². The number of hydrogen-bond acceptors (Lipinski definition) is 3. The van der Waals surface area contributed by atoms with E-state index in [0.717, 1.165) is 18.1 Å². The van der Waals surface area contributed by atoms with Crippen LogP contribution in [0.15, 0.2) is 0 Å². The molecule has 20 heavy (non-hydrogen) atoms. The van der Waals surface area contributed by atoms with E-state index in [1.165, 1.54) is 84.1 Å². The molecule has 2 aliphatic heterocycles. The summed E-state index contributed by atoms with van der Waals surface area (Å²) >= 11 is 0. The second kappa shape index (κ2) is 7.24. The van der Waals surface area contributed by atoms with Crippen molar-refractivity contribution in [1.29, 1.82) is 0 Å². The Morgan fingerprint density at radius 2 is 1.85 bits per heavy atom. The molecule has 3 nitrogen and oxygen atoms in total. The number of hydrogen-bond donors (Lipinski definition) is 1. The molecule has 0 aromatic rings. The van der Waals surface area contributed by atoms with Gasteiger partial charge in [0.1, 0.15) is 0 Å². The van der Waals surface area contributed by atoms with Gasteiger partial charge in [-0.15, -0.1) is 0 Å². The molecule has 0 amide bonds. The number of nitrogens with zero attached hydrogens (tertiary/aromatic N) is 2. The van der Waals surface area contributed by atoms with Gasteiger partial charge >= 0.3 is 0 Å². The zero-order chi connectivity index (χ0) is 13.8. The number of rotatable bonds is 8. The first-order valence-electron chi connectivity index (χ1n) is 9.04. The maximum Gasteiger partial charge on any atom is 0.0224 e. The number of piperazine rings is 1. The molecule has 3 heteroatoms. The highest BCUT2D eigenvalue weighted by molar-refractivity contribution is 4.90. The third-order valence-electron chi connectivity index (χ3n) is 5.45. The van der Waals surface area contributed by atoms with Gasteiger partial charge in [-0.25, -0.2) is 0 Å². The van der Waals surface area contributed by atoms with Crippen LogP contribution in [-0.4, -0.2) is 60.6 Å². The van der Waals surface area contributed by atoms with Gasteiger partial charge in [-0.3, -0.25) is 9.80 Å². The van der Waals surface area contributed by atoms with Crippen LogP contribution >= 0.6 is 0 Å². The number of nitrogens with one attached hydrogen (secondary N) is 1. The molecule has 0 radical (unpaired) electrons. The fourth-order valence-electron chi connectivity index (χ4n) is 3.95. The van der Waals surface area contributed by atoms with Crippen molar-refractivity contribution in [3.05, 3.63) is 0 Å². The lowest BCUT2D eigenvalue weighted by Gasteiger charge is -2.42. The lowest BCUT2D eigenvalue weighted by atomic mass is 10.1. The van der Waals surface area contributed by atoms with Crippen LogP contribution in [0, 0.1) is 0 Å². The van der Waals surface area contributed by atoms with Gasteiger partial charge in [0.25, 0.3) is 0 Å². The Bertz CT molecular complexity index is 290. The lowest BCUT2D eigenvalue weighted by Crippen LogP contribution is -2.54. The summed E-state index contributed by atoms with van der Waals surface area (Å²) in [4.78, 5) is 5.49. The molecule has 3 fully saturated rings. The Morgan fingerprint density at radius 3 is 2.70 bits per heavy atom. The molecule has 3 aliphatic rings. The lowest BCUT2D eigenvalue weighted by molar-refractivity contribution is 0.0583.